The molecule has 0 saturated carbocycles. The molecule has 0 bridgehead atoms. The van der Waals surface area contributed by atoms with Crippen molar-refractivity contribution in [1.29, 1.82) is 0 Å². The minimum atomic E-state index is -0.913. The Bertz CT molecular complexity index is 1180. The fraction of sp³-hybridized carbons (Fsp3) is 0.375. The van der Waals surface area contributed by atoms with E-state index in [4.69, 9.17) is 22.1 Å². The average molecular weight is 519 g/mol. The highest BCUT2D eigenvalue weighted by molar-refractivity contribution is 6.45. The second-order valence-corrected chi connectivity index (χ2v) is 8.59. The minimum absolute atomic E-state index is 0.0122. The number of carbonyl (C=O) groups excluding carboxylic acids is 3. The van der Waals surface area contributed by atoms with Gasteiger partial charge in [-0.05, 0) is 25.5 Å². The molecule has 36 heavy (non-hydrogen) atoms. The molecule has 1 aliphatic rings. The lowest BCUT2D eigenvalue weighted by Gasteiger charge is -2.28. The van der Waals surface area contributed by atoms with Crippen molar-refractivity contribution in [3.05, 3.63) is 58.6 Å². The minimum Gasteiger partial charge on any atom is -0.379 e. The Hall–Kier alpha value is -3.57. The van der Waals surface area contributed by atoms with Gasteiger partial charge in [0.2, 0.25) is 11.8 Å². The summed E-state index contributed by atoms with van der Waals surface area (Å²) in [5, 5.41) is 5.70. The monoisotopic (exact) mass is 518 g/mol. The van der Waals surface area contributed by atoms with Crippen LogP contribution in [0.3, 0.4) is 0 Å². The van der Waals surface area contributed by atoms with Gasteiger partial charge in [0.1, 0.15) is 17.6 Å². The Balaban J connectivity index is 1.74. The number of amides is 3. The van der Waals surface area contributed by atoms with Crippen LogP contribution in [0.2, 0.25) is 5.02 Å². The van der Waals surface area contributed by atoms with Crippen LogP contribution < -0.4 is 16.4 Å². The molecule has 1 aliphatic heterocycles. The molecule has 192 valence electrons. The number of ether oxygens (including phenoxy) is 1. The van der Waals surface area contributed by atoms with E-state index in [0.717, 1.165) is 0 Å². The van der Waals surface area contributed by atoms with Crippen LogP contribution in [-0.4, -0.2) is 72.7 Å². The number of halogens is 2. The van der Waals surface area contributed by atoms with Gasteiger partial charge in [0.15, 0.2) is 0 Å². The lowest BCUT2D eigenvalue weighted by Crippen LogP contribution is -2.52. The lowest BCUT2D eigenvalue weighted by atomic mass is 10.1. The molecule has 12 heteroatoms. The van der Waals surface area contributed by atoms with Crippen molar-refractivity contribution in [1.82, 2.24) is 15.2 Å². The number of nitrogens with two attached hydrogens (primary N) is 1. The van der Waals surface area contributed by atoms with Gasteiger partial charge in [0.05, 0.1) is 23.7 Å². The SMILES string of the molecule is C/N=C(/C(N)=O)c1cnccc1NCC(=O)N1CC[C@@H](OC)[C@H]1C(=O)N[C@H](C)c1cccc(Cl)c1F. The number of hydrogen-bond donors (Lipinski definition) is 3. The van der Waals surface area contributed by atoms with Crippen LogP contribution in [0.15, 0.2) is 41.7 Å². The predicted octanol–water partition coefficient (Wildman–Crippen LogP) is 1.68. The summed E-state index contributed by atoms with van der Waals surface area (Å²) in [5.74, 6) is -2.19. The number of pyridine rings is 1. The van der Waals surface area contributed by atoms with Crippen molar-refractivity contribution in [2.45, 2.75) is 31.5 Å². The number of anilines is 1. The van der Waals surface area contributed by atoms with Crippen LogP contribution in [0.4, 0.5) is 10.1 Å². The number of nitrogens with one attached hydrogen (secondary N) is 2. The number of benzene rings is 1. The molecule has 3 rings (SSSR count). The molecular formula is C24H28ClFN6O4. The molecule has 0 radical (unpaired) electrons. The van der Waals surface area contributed by atoms with Gasteiger partial charge >= 0.3 is 0 Å². The van der Waals surface area contributed by atoms with Crippen molar-refractivity contribution in [3.63, 3.8) is 0 Å². The Kier molecular flexibility index (Phi) is 8.94. The van der Waals surface area contributed by atoms with Gasteiger partial charge in [-0.3, -0.25) is 24.4 Å². The van der Waals surface area contributed by atoms with Crippen molar-refractivity contribution >= 4 is 40.7 Å². The number of aliphatic imine (C=N–C) groups is 1. The second-order valence-electron chi connectivity index (χ2n) is 8.18. The van der Waals surface area contributed by atoms with Gasteiger partial charge in [0, 0.05) is 49.9 Å². The van der Waals surface area contributed by atoms with E-state index in [9.17, 15) is 18.8 Å². The second kappa shape index (κ2) is 11.9. The van der Waals surface area contributed by atoms with Crippen LogP contribution in [-0.2, 0) is 19.1 Å². The zero-order valence-corrected chi connectivity index (χ0v) is 20.9. The first kappa shape index (κ1) is 27.0. The number of methoxy groups -OCH3 is 1. The number of carbonyl (C=O) groups is 3. The van der Waals surface area contributed by atoms with Gasteiger partial charge < -0.3 is 26.0 Å². The molecule has 3 amide bonds. The molecule has 2 aromatic rings. The first-order chi connectivity index (χ1) is 17.2. The number of hydrogen-bond acceptors (Lipinski definition) is 7. The summed E-state index contributed by atoms with van der Waals surface area (Å²) in [7, 11) is 2.90. The third-order valence-electron chi connectivity index (χ3n) is 6.00. The van der Waals surface area contributed by atoms with Gasteiger partial charge in [0.25, 0.3) is 5.91 Å². The smallest absolute Gasteiger partial charge is 0.267 e. The largest absolute Gasteiger partial charge is 0.379 e. The Labute approximate surface area is 213 Å². The third-order valence-corrected chi connectivity index (χ3v) is 6.30. The van der Waals surface area contributed by atoms with Gasteiger partial charge in [-0.25, -0.2) is 4.39 Å². The maximum Gasteiger partial charge on any atom is 0.267 e. The van der Waals surface area contributed by atoms with E-state index in [1.165, 1.54) is 43.6 Å². The molecule has 0 unspecified atom stereocenters. The first-order valence-corrected chi connectivity index (χ1v) is 11.6. The van der Waals surface area contributed by atoms with E-state index < -0.39 is 35.8 Å². The summed E-state index contributed by atoms with van der Waals surface area (Å²) in [4.78, 5) is 47.4. The number of aromatic nitrogens is 1. The summed E-state index contributed by atoms with van der Waals surface area (Å²) in [6, 6.07) is 4.54. The molecule has 1 aromatic carbocycles. The quantitative estimate of drug-likeness (QED) is 0.432. The fourth-order valence-corrected chi connectivity index (χ4v) is 4.39. The normalized spacial score (nSPS) is 18.6. The Morgan fingerprint density at radius 3 is 2.78 bits per heavy atom. The van der Waals surface area contributed by atoms with E-state index in [1.807, 2.05) is 0 Å². The molecule has 1 aromatic heterocycles. The van der Waals surface area contributed by atoms with Crippen LogP contribution in [0.5, 0.6) is 0 Å². The van der Waals surface area contributed by atoms with Crippen molar-refractivity contribution in [3.8, 4) is 0 Å². The highest BCUT2D eigenvalue weighted by Gasteiger charge is 2.42. The summed E-state index contributed by atoms with van der Waals surface area (Å²) >= 11 is 5.87. The molecule has 1 saturated heterocycles. The zero-order chi connectivity index (χ0) is 26.4. The maximum absolute atomic E-state index is 14.4. The highest BCUT2D eigenvalue weighted by atomic mass is 35.5. The van der Waals surface area contributed by atoms with Crippen LogP contribution in [0.25, 0.3) is 0 Å². The van der Waals surface area contributed by atoms with E-state index in [0.29, 0.717) is 24.2 Å². The standard InChI is InChI=1S/C24H28ClFN6O4/c1-13(14-5-4-6-16(25)20(14)26)31-24(35)22-18(36-3)8-10-32(22)19(33)12-30-17-7-9-29-11-15(17)21(28-2)23(27)34/h4-7,9,11,13,18,22H,8,10,12H2,1-3H3,(H2,27,34)(H,29,30)(H,31,35)/b28-21+/t13-,18-,22+/m1/s1. The lowest BCUT2D eigenvalue weighted by molar-refractivity contribution is -0.140. The number of rotatable bonds is 9. The topological polar surface area (TPSA) is 139 Å². The molecule has 3 atom stereocenters. The summed E-state index contributed by atoms with van der Waals surface area (Å²) < 4.78 is 19.9. The van der Waals surface area contributed by atoms with Crippen LogP contribution in [0.1, 0.15) is 30.5 Å². The van der Waals surface area contributed by atoms with Gasteiger partial charge in [-0.15, -0.1) is 0 Å². The summed E-state index contributed by atoms with van der Waals surface area (Å²) in [5.41, 5.74) is 6.43. The van der Waals surface area contributed by atoms with Crippen LogP contribution >= 0.6 is 11.6 Å². The van der Waals surface area contributed by atoms with Crippen molar-refractivity contribution < 1.29 is 23.5 Å². The number of primary amides is 1. The Morgan fingerprint density at radius 2 is 2.11 bits per heavy atom. The highest BCUT2D eigenvalue weighted by Crippen LogP contribution is 2.26. The fourth-order valence-electron chi connectivity index (χ4n) is 4.21. The van der Waals surface area contributed by atoms with Crippen molar-refractivity contribution in [2.24, 2.45) is 10.7 Å². The molecular weight excluding hydrogens is 491 g/mol. The van der Waals surface area contributed by atoms with Gasteiger partial charge in [-0.2, -0.15) is 0 Å². The molecule has 10 nitrogen and oxygen atoms in total. The summed E-state index contributed by atoms with van der Waals surface area (Å²) in [6.45, 7) is 1.75. The molecule has 2 heterocycles. The predicted molar refractivity (Wildman–Crippen MR) is 133 cm³/mol. The number of nitrogens with zero attached hydrogens (tertiary/aromatic N) is 3. The average Bonchev–Trinajstić information content (AvgIpc) is 3.29. The summed E-state index contributed by atoms with van der Waals surface area (Å²) in [6.07, 6.45) is 2.84. The maximum atomic E-state index is 14.4. The molecule has 0 spiro atoms. The number of likely N-dealkylation sites (tertiary alicyclic amines) is 1. The van der Waals surface area contributed by atoms with E-state index >= 15 is 0 Å². The zero-order valence-electron chi connectivity index (χ0n) is 20.1. The Morgan fingerprint density at radius 1 is 1.36 bits per heavy atom. The third kappa shape index (κ3) is 5.80. The van der Waals surface area contributed by atoms with E-state index in [2.05, 4.69) is 20.6 Å². The van der Waals surface area contributed by atoms with Gasteiger partial charge in [-0.1, -0.05) is 23.7 Å². The molecule has 1 fully saturated rings. The van der Waals surface area contributed by atoms with Crippen molar-refractivity contribution in [2.75, 3.05) is 32.6 Å². The van der Waals surface area contributed by atoms with E-state index in [-0.39, 0.29) is 28.7 Å². The first-order valence-electron chi connectivity index (χ1n) is 11.2. The molecule has 4 N–H and O–H groups in total. The van der Waals surface area contributed by atoms with Crippen LogP contribution in [0, 0.1) is 5.82 Å². The van der Waals surface area contributed by atoms with E-state index in [1.54, 1.807) is 19.1 Å². The molecule has 0 aliphatic carbocycles.